The van der Waals surface area contributed by atoms with Crippen LogP contribution in [-0.2, 0) is 0 Å². The summed E-state index contributed by atoms with van der Waals surface area (Å²) in [6.45, 7) is 3.04. The van der Waals surface area contributed by atoms with E-state index < -0.39 is 0 Å². The van der Waals surface area contributed by atoms with Crippen LogP contribution in [0.1, 0.15) is 34.5 Å². The number of amides is 1. The second-order valence-corrected chi connectivity index (χ2v) is 6.85. The average Bonchev–Trinajstić information content (AvgIpc) is 3.29. The van der Waals surface area contributed by atoms with Gasteiger partial charge in [0.05, 0.1) is 11.4 Å². The molecule has 0 aliphatic carbocycles. The van der Waals surface area contributed by atoms with Gasteiger partial charge in [-0.05, 0) is 25.5 Å². The molecule has 7 heteroatoms. The monoisotopic (exact) mass is 351 g/mol. The van der Waals surface area contributed by atoms with Crippen molar-refractivity contribution in [3.05, 3.63) is 47.7 Å². The molecule has 3 heterocycles. The van der Waals surface area contributed by atoms with E-state index >= 15 is 0 Å². The highest BCUT2D eigenvalue weighted by Crippen LogP contribution is 2.29. The van der Waals surface area contributed by atoms with Crippen LogP contribution in [0.5, 0.6) is 0 Å². The molecule has 1 aliphatic heterocycles. The number of pyridine rings is 1. The van der Waals surface area contributed by atoms with Crippen molar-refractivity contribution >= 4 is 22.5 Å². The predicted molar refractivity (Wildman–Crippen MR) is 98.4 cm³/mol. The van der Waals surface area contributed by atoms with Gasteiger partial charge in [-0.1, -0.05) is 23.4 Å². The summed E-state index contributed by atoms with van der Waals surface area (Å²) in [4.78, 5) is 25.7. The first kappa shape index (κ1) is 16.5. The van der Waals surface area contributed by atoms with E-state index in [-0.39, 0.29) is 11.8 Å². The van der Waals surface area contributed by atoms with Gasteiger partial charge in [0.1, 0.15) is 5.69 Å². The van der Waals surface area contributed by atoms with E-state index in [4.69, 9.17) is 4.52 Å². The van der Waals surface area contributed by atoms with E-state index in [1.165, 1.54) is 0 Å². The minimum atomic E-state index is -0.0578. The largest absolute Gasteiger partial charge is 0.377 e. The summed E-state index contributed by atoms with van der Waals surface area (Å²) in [5.74, 6) is 1.27. The van der Waals surface area contributed by atoms with Gasteiger partial charge in [-0.3, -0.25) is 4.79 Å². The first-order valence-corrected chi connectivity index (χ1v) is 8.69. The summed E-state index contributed by atoms with van der Waals surface area (Å²) in [6, 6.07) is 9.75. The number of anilines is 1. The van der Waals surface area contributed by atoms with Gasteiger partial charge in [0, 0.05) is 38.3 Å². The lowest BCUT2D eigenvalue weighted by atomic mass is 10.1. The molecule has 1 fully saturated rings. The van der Waals surface area contributed by atoms with Crippen LogP contribution in [0.15, 0.2) is 34.9 Å². The summed E-state index contributed by atoms with van der Waals surface area (Å²) >= 11 is 0. The fourth-order valence-corrected chi connectivity index (χ4v) is 3.42. The Morgan fingerprint density at radius 3 is 2.81 bits per heavy atom. The quantitative estimate of drug-likeness (QED) is 0.722. The standard InChI is InChI=1S/C19H21N5O2/c1-12-20-18(26-22-12)13-8-9-24(11-13)19(25)16-10-17(23(2)3)14-6-4-5-7-15(14)21-16/h4-7,10,13H,8-9,11H2,1-3H3. The van der Waals surface area contributed by atoms with Gasteiger partial charge < -0.3 is 14.3 Å². The Bertz CT molecular complexity index is 965. The second-order valence-electron chi connectivity index (χ2n) is 6.85. The number of nitrogens with zero attached hydrogens (tertiary/aromatic N) is 5. The molecule has 7 nitrogen and oxygen atoms in total. The van der Waals surface area contributed by atoms with Crippen LogP contribution < -0.4 is 4.90 Å². The van der Waals surface area contributed by atoms with Gasteiger partial charge in [-0.15, -0.1) is 0 Å². The minimum Gasteiger partial charge on any atom is -0.377 e. The van der Waals surface area contributed by atoms with Crippen LogP contribution in [0.3, 0.4) is 0 Å². The lowest BCUT2D eigenvalue weighted by Gasteiger charge is -2.19. The zero-order valence-electron chi connectivity index (χ0n) is 15.1. The molecule has 3 aromatic rings. The summed E-state index contributed by atoms with van der Waals surface area (Å²) in [7, 11) is 3.94. The molecule has 0 radical (unpaired) electrons. The van der Waals surface area contributed by atoms with Crippen molar-refractivity contribution in [2.45, 2.75) is 19.3 Å². The highest BCUT2D eigenvalue weighted by atomic mass is 16.5. The summed E-state index contributed by atoms with van der Waals surface area (Å²) in [5.41, 5.74) is 2.28. The third-order valence-electron chi connectivity index (χ3n) is 4.76. The molecule has 0 saturated carbocycles. The second kappa shape index (κ2) is 6.40. The van der Waals surface area contributed by atoms with Gasteiger partial charge in [0.2, 0.25) is 5.89 Å². The van der Waals surface area contributed by atoms with E-state index in [9.17, 15) is 4.79 Å². The molecule has 1 aromatic carbocycles. The minimum absolute atomic E-state index is 0.0578. The maximum Gasteiger partial charge on any atom is 0.272 e. The number of hydrogen-bond acceptors (Lipinski definition) is 6. The van der Waals surface area contributed by atoms with E-state index in [2.05, 4.69) is 15.1 Å². The third kappa shape index (κ3) is 2.89. The summed E-state index contributed by atoms with van der Waals surface area (Å²) in [6.07, 6.45) is 0.821. The van der Waals surface area contributed by atoms with Crippen molar-refractivity contribution in [3.8, 4) is 0 Å². The van der Waals surface area contributed by atoms with Crippen LogP contribution in [0.25, 0.3) is 10.9 Å². The van der Waals surface area contributed by atoms with E-state index in [1.54, 1.807) is 6.92 Å². The van der Waals surface area contributed by atoms with Crippen LogP contribution in [0, 0.1) is 6.92 Å². The molecule has 2 aromatic heterocycles. The van der Waals surface area contributed by atoms with Gasteiger partial charge in [-0.25, -0.2) is 4.98 Å². The molecule has 1 atom stereocenters. The van der Waals surface area contributed by atoms with E-state index in [0.29, 0.717) is 30.5 Å². The van der Waals surface area contributed by atoms with Crippen LogP contribution >= 0.6 is 0 Å². The van der Waals surface area contributed by atoms with Gasteiger partial charge in [-0.2, -0.15) is 4.98 Å². The molecule has 0 N–H and O–H groups in total. The van der Waals surface area contributed by atoms with Crippen LogP contribution in [0.2, 0.25) is 0 Å². The zero-order chi connectivity index (χ0) is 18.3. The van der Waals surface area contributed by atoms with Gasteiger partial charge >= 0.3 is 0 Å². The Hall–Kier alpha value is -2.96. The molecule has 4 rings (SSSR count). The van der Waals surface area contributed by atoms with Crippen LogP contribution in [0.4, 0.5) is 5.69 Å². The fourth-order valence-electron chi connectivity index (χ4n) is 3.42. The van der Waals surface area contributed by atoms with Crippen molar-refractivity contribution in [3.63, 3.8) is 0 Å². The molecule has 1 saturated heterocycles. The Morgan fingerprint density at radius 1 is 1.27 bits per heavy atom. The number of likely N-dealkylation sites (tertiary alicyclic amines) is 1. The number of rotatable bonds is 3. The SMILES string of the molecule is Cc1noc(C2CCN(C(=O)c3cc(N(C)C)c4ccccc4n3)C2)n1. The van der Waals surface area contributed by atoms with Crippen molar-refractivity contribution in [1.29, 1.82) is 0 Å². The van der Waals surface area contributed by atoms with Crippen LogP contribution in [-0.4, -0.2) is 53.1 Å². The van der Waals surface area contributed by atoms with Crippen molar-refractivity contribution in [1.82, 2.24) is 20.0 Å². The predicted octanol–water partition coefficient (Wildman–Crippen LogP) is 2.62. The van der Waals surface area contributed by atoms with Crippen molar-refractivity contribution in [2.75, 3.05) is 32.1 Å². The van der Waals surface area contributed by atoms with Crippen molar-refractivity contribution in [2.24, 2.45) is 0 Å². The number of aryl methyl sites for hydroxylation is 1. The number of hydrogen-bond donors (Lipinski definition) is 0. The molecular formula is C19H21N5O2. The highest BCUT2D eigenvalue weighted by molar-refractivity contribution is 6.00. The fraction of sp³-hybridized carbons (Fsp3) is 0.368. The topological polar surface area (TPSA) is 75.4 Å². The maximum absolute atomic E-state index is 13.0. The van der Waals surface area contributed by atoms with Gasteiger partial charge in [0.25, 0.3) is 5.91 Å². The van der Waals surface area contributed by atoms with Gasteiger partial charge in [0.15, 0.2) is 5.82 Å². The summed E-state index contributed by atoms with van der Waals surface area (Å²) in [5, 5.41) is 4.88. The molecule has 134 valence electrons. The van der Waals surface area contributed by atoms with Crippen molar-refractivity contribution < 1.29 is 9.32 Å². The Balaban J connectivity index is 1.62. The molecule has 0 spiro atoms. The lowest BCUT2D eigenvalue weighted by Crippen LogP contribution is -2.29. The molecule has 1 unspecified atom stereocenters. The average molecular weight is 351 g/mol. The molecule has 0 bridgehead atoms. The number of aromatic nitrogens is 3. The molecular weight excluding hydrogens is 330 g/mol. The highest BCUT2D eigenvalue weighted by Gasteiger charge is 2.32. The Morgan fingerprint density at radius 2 is 2.08 bits per heavy atom. The number of carbonyl (C=O) groups is 1. The Kier molecular flexibility index (Phi) is 4.06. The lowest BCUT2D eigenvalue weighted by molar-refractivity contribution is 0.0784. The molecule has 1 aliphatic rings. The number of benzene rings is 1. The van der Waals surface area contributed by atoms with E-state index in [1.807, 2.05) is 54.2 Å². The zero-order valence-corrected chi connectivity index (χ0v) is 15.1. The first-order valence-electron chi connectivity index (χ1n) is 8.69. The number of carbonyl (C=O) groups excluding carboxylic acids is 1. The van der Waals surface area contributed by atoms with E-state index in [0.717, 1.165) is 23.0 Å². The molecule has 1 amide bonds. The summed E-state index contributed by atoms with van der Waals surface area (Å²) < 4.78 is 5.27. The Labute approximate surface area is 151 Å². The molecule has 26 heavy (non-hydrogen) atoms. The first-order chi connectivity index (χ1) is 12.5. The smallest absolute Gasteiger partial charge is 0.272 e. The number of para-hydroxylation sites is 1. The number of fused-ring (bicyclic) bond motifs is 1. The third-order valence-corrected chi connectivity index (χ3v) is 4.76. The maximum atomic E-state index is 13.0. The normalized spacial score (nSPS) is 17.0.